The van der Waals surface area contributed by atoms with E-state index in [2.05, 4.69) is 15.0 Å². The van der Waals surface area contributed by atoms with Gasteiger partial charge >= 0.3 is 0 Å². The van der Waals surface area contributed by atoms with Gasteiger partial charge in [-0.15, -0.1) is 0 Å². The largest absolute Gasteiger partial charge is 0.394 e. The minimum absolute atomic E-state index is 0.0870. The van der Waals surface area contributed by atoms with E-state index in [-0.39, 0.29) is 17.0 Å². The number of imidazole rings is 1. The molecular formula is C11H14FN5O4. The molecule has 1 aliphatic heterocycles. The van der Waals surface area contributed by atoms with E-state index in [0.29, 0.717) is 5.82 Å². The molecule has 2 aromatic rings. The van der Waals surface area contributed by atoms with Gasteiger partial charge in [0.15, 0.2) is 29.4 Å². The van der Waals surface area contributed by atoms with Crippen molar-refractivity contribution in [1.82, 2.24) is 19.5 Å². The zero-order chi connectivity index (χ0) is 15.1. The number of anilines is 1. The maximum Gasteiger partial charge on any atom is 0.181 e. The van der Waals surface area contributed by atoms with Gasteiger partial charge in [0, 0.05) is 0 Å². The van der Waals surface area contributed by atoms with Crippen molar-refractivity contribution in [2.45, 2.75) is 31.5 Å². The van der Waals surface area contributed by atoms with Crippen molar-refractivity contribution < 1.29 is 24.5 Å². The molecule has 0 bridgehead atoms. The predicted octanol–water partition coefficient (Wildman–Crippen LogP) is -0.475. The first kappa shape index (κ1) is 14.1. The van der Waals surface area contributed by atoms with Gasteiger partial charge in [-0.2, -0.15) is 0 Å². The molecule has 9 nitrogen and oxygen atoms in total. The SMILES string of the molecule is Cc1nc(NO)c2ncn([C@@H]3O[C@H](CO)[C@@H](O)[C@@H]3F)c2n1. The number of aryl methyl sites for hydroxylation is 1. The maximum absolute atomic E-state index is 14.1. The fourth-order valence-electron chi connectivity index (χ4n) is 2.37. The van der Waals surface area contributed by atoms with E-state index >= 15 is 0 Å². The normalized spacial score (nSPS) is 29.2. The molecule has 0 aliphatic carbocycles. The number of hydrogen-bond donors (Lipinski definition) is 4. The second-order valence-electron chi connectivity index (χ2n) is 4.74. The summed E-state index contributed by atoms with van der Waals surface area (Å²) < 4.78 is 20.8. The second kappa shape index (κ2) is 5.15. The third kappa shape index (κ3) is 2.12. The molecule has 114 valence electrons. The zero-order valence-corrected chi connectivity index (χ0v) is 11.0. The molecule has 3 heterocycles. The van der Waals surface area contributed by atoms with Crippen LogP contribution in [0.2, 0.25) is 0 Å². The zero-order valence-electron chi connectivity index (χ0n) is 11.0. The van der Waals surface area contributed by atoms with Crippen molar-refractivity contribution in [3.05, 3.63) is 12.2 Å². The van der Waals surface area contributed by atoms with Crippen LogP contribution in [0.5, 0.6) is 0 Å². The highest BCUT2D eigenvalue weighted by atomic mass is 19.1. The summed E-state index contributed by atoms with van der Waals surface area (Å²) in [5.74, 6) is 0.428. The standard InChI is InChI=1S/C11H14FN5O4/c1-4-14-9(16-20)7-10(15-4)17(3-13-7)11-6(12)8(19)5(2-18)21-11/h3,5-6,8,11,18-20H,2H2,1H3,(H,14,15,16)/t5-,6+,8-,11-/m1/s1. The van der Waals surface area contributed by atoms with Crippen LogP contribution in [0.4, 0.5) is 10.2 Å². The van der Waals surface area contributed by atoms with E-state index in [0.717, 1.165) is 0 Å². The average Bonchev–Trinajstić information content (AvgIpc) is 3.01. The van der Waals surface area contributed by atoms with Crippen LogP contribution in [0.3, 0.4) is 0 Å². The molecule has 4 atom stereocenters. The number of aliphatic hydroxyl groups excluding tert-OH is 2. The van der Waals surface area contributed by atoms with E-state index in [1.807, 2.05) is 5.48 Å². The fourth-order valence-corrected chi connectivity index (χ4v) is 2.37. The molecule has 0 spiro atoms. The Labute approximate surface area is 118 Å². The topological polar surface area (TPSA) is 126 Å². The lowest BCUT2D eigenvalue weighted by Crippen LogP contribution is -2.30. The number of fused-ring (bicyclic) bond motifs is 1. The van der Waals surface area contributed by atoms with Gasteiger partial charge in [-0.05, 0) is 6.92 Å². The molecule has 0 aromatic carbocycles. The van der Waals surface area contributed by atoms with E-state index in [1.54, 1.807) is 6.92 Å². The molecular weight excluding hydrogens is 285 g/mol. The lowest BCUT2D eigenvalue weighted by atomic mass is 10.1. The first-order valence-electron chi connectivity index (χ1n) is 6.26. The summed E-state index contributed by atoms with van der Waals surface area (Å²) in [6.07, 6.45) is -4.07. The number of nitrogens with one attached hydrogen (secondary N) is 1. The van der Waals surface area contributed by atoms with Gasteiger partial charge in [0.25, 0.3) is 0 Å². The van der Waals surface area contributed by atoms with Gasteiger partial charge in [-0.25, -0.2) is 19.3 Å². The Morgan fingerprint density at radius 1 is 1.48 bits per heavy atom. The number of nitrogens with zero attached hydrogens (tertiary/aromatic N) is 4. The van der Waals surface area contributed by atoms with Gasteiger partial charge in [0.2, 0.25) is 0 Å². The fraction of sp³-hybridized carbons (Fsp3) is 0.545. The summed E-state index contributed by atoms with van der Waals surface area (Å²) in [5, 5.41) is 27.8. The van der Waals surface area contributed by atoms with Crippen LogP contribution in [-0.4, -0.2) is 59.9 Å². The van der Waals surface area contributed by atoms with E-state index < -0.39 is 31.2 Å². The van der Waals surface area contributed by atoms with Crippen molar-refractivity contribution in [1.29, 1.82) is 0 Å². The minimum Gasteiger partial charge on any atom is -0.394 e. The maximum atomic E-state index is 14.1. The van der Waals surface area contributed by atoms with Crippen molar-refractivity contribution in [2.75, 3.05) is 12.1 Å². The molecule has 21 heavy (non-hydrogen) atoms. The van der Waals surface area contributed by atoms with Crippen molar-refractivity contribution in [2.24, 2.45) is 0 Å². The molecule has 0 radical (unpaired) electrons. The van der Waals surface area contributed by atoms with Crippen LogP contribution >= 0.6 is 0 Å². The van der Waals surface area contributed by atoms with Crippen LogP contribution in [0, 0.1) is 6.92 Å². The number of alkyl halides is 1. The van der Waals surface area contributed by atoms with Crippen molar-refractivity contribution in [3.8, 4) is 0 Å². The Balaban J connectivity index is 2.07. The molecule has 2 aromatic heterocycles. The Bertz CT molecular complexity index is 665. The number of aliphatic hydroxyl groups is 2. The van der Waals surface area contributed by atoms with Crippen LogP contribution in [-0.2, 0) is 4.74 Å². The van der Waals surface area contributed by atoms with Gasteiger partial charge in [-0.1, -0.05) is 0 Å². The predicted molar refractivity (Wildman–Crippen MR) is 67.4 cm³/mol. The van der Waals surface area contributed by atoms with Crippen molar-refractivity contribution >= 4 is 17.0 Å². The van der Waals surface area contributed by atoms with Crippen LogP contribution in [0.25, 0.3) is 11.2 Å². The van der Waals surface area contributed by atoms with Gasteiger partial charge in [-0.3, -0.25) is 15.3 Å². The third-order valence-electron chi connectivity index (χ3n) is 3.39. The monoisotopic (exact) mass is 299 g/mol. The number of aromatic nitrogens is 4. The first-order chi connectivity index (χ1) is 10.1. The van der Waals surface area contributed by atoms with Crippen LogP contribution in [0.15, 0.2) is 6.33 Å². The quantitative estimate of drug-likeness (QED) is 0.560. The van der Waals surface area contributed by atoms with Gasteiger partial charge in [0.05, 0.1) is 12.9 Å². The summed E-state index contributed by atoms with van der Waals surface area (Å²) in [7, 11) is 0. The number of hydrogen-bond acceptors (Lipinski definition) is 8. The molecule has 10 heteroatoms. The highest BCUT2D eigenvalue weighted by molar-refractivity contribution is 5.82. The molecule has 1 fully saturated rings. The van der Waals surface area contributed by atoms with E-state index in [9.17, 15) is 9.50 Å². The Morgan fingerprint density at radius 3 is 2.86 bits per heavy atom. The Morgan fingerprint density at radius 2 is 2.24 bits per heavy atom. The summed E-state index contributed by atoms with van der Waals surface area (Å²) in [5.41, 5.74) is 2.39. The molecule has 4 N–H and O–H groups in total. The first-order valence-corrected chi connectivity index (χ1v) is 6.26. The highest BCUT2D eigenvalue weighted by Gasteiger charge is 2.45. The van der Waals surface area contributed by atoms with Gasteiger partial charge in [0.1, 0.15) is 18.0 Å². The summed E-state index contributed by atoms with van der Waals surface area (Å²) in [6, 6.07) is 0. The summed E-state index contributed by atoms with van der Waals surface area (Å²) in [4.78, 5) is 12.1. The Hall–Kier alpha value is -1.88. The molecule has 1 saturated heterocycles. The lowest BCUT2D eigenvalue weighted by Gasteiger charge is -2.15. The third-order valence-corrected chi connectivity index (χ3v) is 3.39. The summed E-state index contributed by atoms with van der Waals surface area (Å²) >= 11 is 0. The molecule has 0 saturated carbocycles. The lowest BCUT2D eigenvalue weighted by molar-refractivity contribution is -0.0459. The number of rotatable bonds is 3. The van der Waals surface area contributed by atoms with E-state index in [4.69, 9.17) is 15.1 Å². The van der Waals surface area contributed by atoms with Gasteiger partial charge < -0.3 is 14.9 Å². The molecule has 1 aliphatic rings. The summed E-state index contributed by atoms with van der Waals surface area (Å²) in [6.45, 7) is 1.10. The van der Waals surface area contributed by atoms with Crippen LogP contribution in [0.1, 0.15) is 12.1 Å². The molecule has 0 unspecified atom stereocenters. The number of ether oxygens (including phenoxy) is 1. The van der Waals surface area contributed by atoms with Crippen molar-refractivity contribution in [3.63, 3.8) is 0 Å². The Kier molecular flexibility index (Phi) is 3.45. The molecule has 0 amide bonds. The van der Waals surface area contributed by atoms with E-state index in [1.165, 1.54) is 10.9 Å². The van der Waals surface area contributed by atoms with Crippen LogP contribution < -0.4 is 5.48 Å². The second-order valence-corrected chi connectivity index (χ2v) is 4.74. The minimum atomic E-state index is -1.74. The average molecular weight is 299 g/mol. The number of halogens is 1. The molecule has 3 rings (SSSR count). The smallest absolute Gasteiger partial charge is 0.181 e. The highest BCUT2D eigenvalue weighted by Crippen LogP contribution is 2.34.